The van der Waals surface area contributed by atoms with E-state index in [9.17, 15) is 0 Å². The van der Waals surface area contributed by atoms with Gasteiger partial charge in [0, 0.05) is 12.2 Å². The zero-order chi connectivity index (χ0) is 15.8. The van der Waals surface area contributed by atoms with Gasteiger partial charge in [0.1, 0.15) is 0 Å². The average molecular weight is 288 g/mol. The molecule has 0 aliphatic carbocycles. The Balaban J connectivity index is 2.28. The van der Waals surface area contributed by atoms with E-state index in [1.165, 1.54) is 0 Å². The summed E-state index contributed by atoms with van der Waals surface area (Å²) in [5.74, 6) is 0. The normalized spacial score (nSPS) is 20.9. The molecule has 1 fully saturated rings. The van der Waals surface area contributed by atoms with Gasteiger partial charge < -0.3 is 20.8 Å². The van der Waals surface area contributed by atoms with Gasteiger partial charge in [-0.15, -0.1) is 0 Å². The van der Waals surface area contributed by atoms with Crippen LogP contribution in [-0.4, -0.2) is 24.9 Å². The van der Waals surface area contributed by atoms with Gasteiger partial charge in [0.05, 0.1) is 11.2 Å². The third-order valence-electron chi connectivity index (χ3n) is 4.45. The summed E-state index contributed by atoms with van der Waals surface area (Å²) in [6.45, 7) is 10.5. The second kappa shape index (κ2) is 5.48. The van der Waals surface area contributed by atoms with Crippen LogP contribution in [0.5, 0.6) is 0 Å². The van der Waals surface area contributed by atoms with Crippen molar-refractivity contribution in [2.75, 3.05) is 12.3 Å². The molecular weight excluding hydrogens is 263 g/mol. The van der Waals surface area contributed by atoms with Crippen LogP contribution in [0.1, 0.15) is 38.8 Å². The van der Waals surface area contributed by atoms with Gasteiger partial charge in [0.2, 0.25) is 0 Å². The average Bonchev–Trinajstić information content (AvgIpc) is 2.59. The van der Waals surface area contributed by atoms with Crippen molar-refractivity contribution in [2.45, 2.75) is 45.8 Å². The fourth-order valence-electron chi connectivity index (χ4n) is 2.18. The SMILES string of the molecule is Cc1ccc(C=C(CN)B2OC(C)(C)C(C)(C)O2)cc1N. The molecule has 1 aromatic rings. The lowest BCUT2D eigenvalue weighted by Crippen LogP contribution is -2.41. The Morgan fingerprint density at radius 1 is 1.19 bits per heavy atom. The van der Waals surface area contributed by atoms with Crippen LogP contribution < -0.4 is 11.5 Å². The highest BCUT2D eigenvalue weighted by Gasteiger charge is 2.52. The molecule has 0 unspecified atom stereocenters. The minimum Gasteiger partial charge on any atom is -0.400 e. The maximum absolute atomic E-state index is 6.04. The van der Waals surface area contributed by atoms with E-state index in [-0.39, 0.29) is 11.2 Å². The number of nitrogens with two attached hydrogens (primary N) is 2. The van der Waals surface area contributed by atoms with Crippen LogP contribution in [0.15, 0.2) is 23.7 Å². The number of anilines is 1. The Labute approximate surface area is 127 Å². The number of aryl methyl sites for hydroxylation is 1. The quantitative estimate of drug-likeness (QED) is 0.662. The summed E-state index contributed by atoms with van der Waals surface area (Å²) in [5.41, 5.74) is 14.9. The summed E-state index contributed by atoms with van der Waals surface area (Å²) in [6.07, 6.45) is 2.00. The summed E-state index contributed by atoms with van der Waals surface area (Å²) in [7, 11) is -0.414. The first-order valence-corrected chi connectivity index (χ1v) is 7.28. The Hall–Kier alpha value is -1.30. The van der Waals surface area contributed by atoms with Crippen molar-refractivity contribution in [3.05, 3.63) is 34.8 Å². The molecule has 1 aliphatic heterocycles. The highest BCUT2D eigenvalue weighted by Crippen LogP contribution is 2.38. The van der Waals surface area contributed by atoms with Crippen LogP contribution in [-0.2, 0) is 9.31 Å². The van der Waals surface area contributed by atoms with Crippen LogP contribution in [0.25, 0.3) is 6.08 Å². The summed E-state index contributed by atoms with van der Waals surface area (Å²) in [6, 6.07) is 5.96. The van der Waals surface area contributed by atoms with E-state index >= 15 is 0 Å². The van der Waals surface area contributed by atoms with E-state index < -0.39 is 7.12 Å². The van der Waals surface area contributed by atoms with Crippen LogP contribution in [0.4, 0.5) is 5.69 Å². The maximum Gasteiger partial charge on any atom is 0.491 e. The third-order valence-corrected chi connectivity index (χ3v) is 4.45. The van der Waals surface area contributed by atoms with Gasteiger partial charge in [-0.1, -0.05) is 18.2 Å². The zero-order valence-corrected chi connectivity index (χ0v) is 13.6. The predicted molar refractivity (Wildman–Crippen MR) is 88.7 cm³/mol. The summed E-state index contributed by atoms with van der Waals surface area (Å²) in [5, 5.41) is 0. The topological polar surface area (TPSA) is 70.5 Å². The van der Waals surface area contributed by atoms with E-state index in [1.54, 1.807) is 0 Å². The van der Waals surface area contributed by atoms with Gasteiger partial charge in [-0.3, -0.25) is 0 Å². The van der Waals surface area contributed by atoms with Gasteiger partial charge in [0.25, 0.3) is 0 Å². The number of nitrogen functional groups attached to an aromatic ring is 1. The second-order valence-corrected chi connectivity index (χ2v) is 6.63. The fraction of sp³-hybridized carbons (Fsp3) is 0.500. The Morgan fingerprint density at radius 2 is 1.76 bits per heavy atom. The molecule has 4 N–H and O–H groups in total. The largest absolute Gasteiger partial charge is 0.491 e. The molecule has 2 rings (SSSR count). The van der Waals surface area contributed by atoms with E-state index in [0.717, 1.165) is 22.3 Å². The molecule has 1 aromatic carbocycles. The van der Waals surface area contributed by atoms with Gasteiger partial charge in [-0.05, 0) is 57.3 Å². The standard InChI is InChI=1S/C16H25BN2O2/c1-11-6-7-12(9-14(11)19)8-13(10-18)17-20-15(2,3)16(4,5)21-17/h6-9H,10,18-19H2,1-5H3. The molecule has 1 aliphatic rings. The molecule has 1 saturated heterocycles. The molecule has 5 heteroatoms. The number of hydrogen-bond acceptors (Lipinski definition) is 4. The van der Waals surface area contributed by atoms with Crippen molar-refractivity contribution < 1.29 is 9.31 Å². The number of benzene rings is 1. The number of rotatable bonds is 3. The van der Waals surface area contributed by atoms with E-state index in [4.69, 9.17) is 20.8 Å². The highest BCUT2D eigenvalue weighted by molar-refractivity contribution is 6.55. The molecule has 0 aromatic heterocycles. The van der Waals surface area contributed by atoms with Crippen molar-refractivity contribution in [1.29, 1.82) is 0 Å². The van der Waals surface area contributed by atoms with Crippen molar-refractivity contribution in [2.24, 2.45) is 5.73 Å². The molecule has 0 atom stereocenters. The van der Waals surface area contributed by atoms with Crippen LogP contribution >= 0.6 is 0 Å². The van der Waals surface area contributed by atoms with Gasteiger partial charge in [-0.25, -0.2) is 0 Å². The minimum atomic E-state index is -0.414. The maximum atomic E-state index is 6.04. The lowest BCUT2D eigenvalue weighted by Gasteiger charge is -2.32. The van der Waals surface area contributed by atoms with Crippen molar-refractivity contribution in [3.8, 4) is 0 Å². The molecule has 0 amide bonds. The molecule has 114 valence electrons. The zero-order valence-electron chi connectivity index (χ0n) is 13.6. The smallest absolute Gasteiger partial charge is 0.400 e. The van der Waals surface area contributed by atoms with Crippen molar-refractivity contribution in [1.82, 2.24) is 0 Å². The molecule has 4 nitrogen and oxygen atoms in total. The van der Waals surface area contributed by atoms with Crippen molar-refractivity contribution >= 4 is 18.9 Å². The Kier molecular flexibility index (Phi) is 4.20. The molecule has 1 heterocycles. The van der Waals surface area contributed by atoms with E-state index in [2.05, 4.69) is 0 Å². The second-order valence-electron chi connectivity index (χ2n) is 6.63. The molecule has 0 saturated carbocycles. The summed E-state index contributed by atoms with van der Waals surface area (Å²) in [4.78, 5) is 0. The van der Waals surface area contributed by atoms with Crippen LogP contribution in [0.2, 0.25) is 0 Å². The molecular formula is C16H25BN2O2. The molecule has 21 heavy (non-hydrogen) atoms. The monoisotopic (exact) mass is 288 g/mol. The summed E-state index contributed by atoms with van der Waals surface area (Å²) >= 11 is 0. The van der Waals surface area contributed by atoms with Crippen molar-refractivity contribution in [3.63, 3.8) is 0 Å². The van der Waals surface area contributed by atoms with Gasteiger partial charge in [0.15, 0.2) is 0 Å². The van der Waals surface area contributed by atoms with E-state index in [1.807, 2.05) is 58.9 Å². The number of hydrogen-bond donors (Lipinski definition) is 2. The van der Waals surface area contributed by atoms with E-state index in [0.29, 0.717) is 6.54 Å². The van der Waals surface area contributed by atoms with Crippen LogP contribution in [0, 0.1) is 6.92 Å². The van der Waals surface area contributed by atoms with Gasteiger partial charge >= 0.3 is 7.12 Å². The molecule has 0 radical (unpaired) electrons. The highest BCUT2D eigenvalue weighted by atomic mass is 16.7. The molecule has 0 bridgehead atoms. The van der Waals surface area contributed by atoms with Gasteiger partial charge in [-0.2, -0.15) is 0 Å². The third kappa shape index (κ3) is 3.15. The fourth-order valence-corrected chi connectivity index (χ4v) is 2.18. The van der Waals surface area contributed by atoms with Crippen LogP contribution in [0.3, 0.4) is 0 Å². The summed E-state index contributed by atoms with van der Waals surface area (Å²) < 4.78 is 12.1. The lowest BCUT2D eigenvalue weighted by atomic mass is 9.77. The first-order valence-electron chi connectivity index (χ1n) is 7.28. The predicted octanol–water partition coefficient (Wildman–Crippen LogP) is 2.55. The first-order chi connectivity index (χ1) is 9.66. The first kappa shape index (κ1) is 16.1. The molecule has 0 spiro atoms. The minimum absolute atomic E-state index is 0.363. The Bertz CT molecular complexity index is 551. The Morgan fingerprint density at radius 3 is 2.24 bits per heavy atom. The lowest BCUT2D eigenvalue weighted by molar-refractivity contribution is 0.00578.